The predicted octanol–water partition coefficient (Wildman–Crippen LogP) is 3.29. The van der Waals surface area contributed by atoms with Gasteiger partial charge in [0.2, 0.25) is 0 Å². The summed E-state index contributed by atoms with van der Waals surface area (Å²) in [6.45, 7) is 13.3. The molecule has 1 aliphatic carbocycles. The van der Waals surface area contributed by atoms with E-state index in [1.165, 1.54) is 0 Å². The van der Waals surface area contributed by atoms with E-state index in [-0.39, 0.29) is 6.04 Å². The van der Waals surface area contributed by atoms with Crippen LogP contribution in [0.5, 0.6) is 0 Å². The lowest BCUT2D eigenvalue weighted by Gasteiger charge is -2.21. The van der Waals surface area contributed by atoms with Crippen LogP contribution in [0.4, 0.5) is 0 Å². The van der Waals surface area contributed by atoms with Crippen molar-refractivity contribution in [2.24, 2.45) is 16.7 Å². The second kappa shape index (κ2) is 5.20. The van der Waals surface area contributed by atoms with Crippen LogP contribution in [-0.2, 0) is 4.79 Å². The monoisotopic (exact) mass is 255 g/mol. The average molecular weight is 255 g/mol. The van der Waals surface area contributed by atoms with Gasteiger partial charge in [0.25, 0.3) is 0 Å². The molecule has 0 amide bonds. The van der Waals surface area contributed by atoms with Crippen LogP contribution in [0.25, 0.3) is 0 Å². The van der Waals surface area contributed by atoms with Gasteiger partial charge >= 0.3 is 5.97 Å². The maximum atomic E-state index is 11.2. The fourth-order valence-electron chi connectivity index (χ4n) is 3.60. The van der Waals surface area contributed by atoms with E-state index in [2.05, 4.69) is 46.9 Å². The molecule has 0 aliphatic heterocycles. The second-order valence-corrected chi connectivity index (χ2v) is 6.91. The van der Waals surface area contributed by atoms with E-state index in [0.717, 1.165) is 19.3 Å². The van der Waals surface area contributed by atoms with Gasteiger partial charge in [-0.2, -0.15) is 0 Å². The molecule has 0 saturated heterocycles. The number of carboxylic acid groups (broad SMARTS) is 1. The van der Waals surface area contributed by atoms with E-state index in [1.807, 2.05) is 0 Å². The van der Waals surface area contributed by atoms with Crippen molar-refractivity contribution in [3.05, 3.63) is 0 Å². The van der Waals surface area contributed by atoms with Gasteiger partial charge in [-0.15, -0.1) is 0 Å². The van der Waals surface area contributed by atoms with Gasteiger partial charge in [-0.1, -0.05) is 47.5 Å². The number of nitrogens with one attached hydrogen (secondary N) is 1. The highest BCUT2D eigenvalue weighted by Gasteiger charge is 2.66. The topological polar surface area (TPSA) is 49.3 Å². The Balaban J connectivity index is 2.58. The molecule has 0 aromatic rings. The molecule has 0 bridgehead atoms. The molecule has 0 aromatic carbocycles. The summed E-state index contributed by atoms with van der Waals surface area (Å²) in [6, 6.07) is -0.139. The van der Waals surface area contributed by atoms with E-state index >= 15 is 0 Å². The van der Waals surface area contributed by atoms with Crippen molar-refractivity contribution in [1.29, 1.82) is 0 Å². The van der Waals surface area contributed by atoms with Gasteiger partial charge in [-0.05, 0) is 30.1 Å². The van der Waals surface area contributed by atoms with Gasteiger partial charge in [-0.25, -0.2) is 0 Å². The van der Waals surface area contributed by atoms with Crippen molar-refractivity contribution in [2.75, 3.05) is 0 Å². The van der Waals surface area contributed by atoms with Crippen molar-refractivity contribution in [1.82, 2.24) is 5.32 Å². The molecular weight excluding hydrogens is 226 g/mol. The van der Waals surface area contributed by atoms with E-state index < -0.39 is 12.0 Å². The summed E-state index contributed by atoms with van der Waals surface area (Å²) in [5.74, 6) is -0.167. The molecule has 0 heterocycles. The maximum Gasteiger partial charge on any atom is 0.320 e. The van der Waals surface area contributed by atoms with Crippen molar-refractivity contribution >= 4 is 5.97 Å². The van der Waals surface area contributed by atoms with Gasteiger partial charge in [0.1, 0.15) is 6.04 Å². The lowest BCUT2D eigenvalue weighted by molar-refractivity contribution is -0.140. The zero-order valence-corrected chi connectivity index (χ0v) is 12.7. The number of aliphatic carboxylic acids is 1. The largest absolute Gasteiger partial charge is 0.480 e. The minimum atomic E-state index is -0.716. The van der Waals surface area contributed by atoms with Gasteiger partial charge in [0.15, 0.2) is 0 Å². The van der Waals surface area contributed by atoms with Crippen LogP contribution in [0, 0.1) is 16.7 Å². The molecule has 3 nitrogen and oxygen atoms in total. The number of carbonyl (C=O) groups is 1. The first-order valence-corrected chi connectivity index (χ1v) is 7.15. The minimum Gasteiger partial charge on any atom is -0.480 e. The van der Waals surface area contributed by atoms with Gasteiger partial charge in [0.05, 0.1) is 0 Å². The molecular formula is C15H29NO2. The molecule has 3 heteroatoms. The summed E-state index contributed by atoms with van der Waals surface area (Å²) in [6.07, 6.45) is 2.73. The molecule has 1 aliphatic rings. The van der Waals surface area contributed by atoms with Crippen LogP contribution < -0.4 is 5.32 Å². The molecule has 1 unspecified atom stereocenters. The third-order valence-corrected chi connectivity index (χ3v) is 5.24. The third kappa shape index (κ3) is 2.71. The lowest BCUT2D eigenvalue weighted by Crippen LogP contribution is -2.44. The number of carboxylic acids is 1. The fourth-order valence-corrected chi connectivity index (χ4v) is 3.60. The first-order chi connectivity index (χ1) is 8.16. The third-order valence-electron chi connectivity index (χ3n) is 5.24. The van der Waals surface area contributed by atoms with Crippen molar-refractivity contribution < 1.29 is 9.90 Å². The Hall–Kier alpha value is -0.570. The Bertz CT molecular complexity index is 296. The summed E-state index contributed by atoms with van der Waals surface area (Å²) in [5.41, 5.74) is 0.598. The molecule has 18 heavy (non-hydrogen) atoms. The number of hydrogen-bond acceptors (Lipinski definition) is 2. The zero-order valence-electron chi connectivity index (χ0n) is 12.7. The van der Waals surface area contributed by atoms with Crippen LogP contribution in [-0.4, -0.2) is 23.2 Å². The second-order valence-electron chi connectivity index (χ2n) is 6.91. The van der Waals surface area contributed by atoms with Crippen LogP contribution in [0.15, 0.2) is 0 Å². The summed E-state index contributed by atoms with van der Waals surface area (Å²) in [5, 5.41) is 12.6. The Morgan fingerprint density at radius 2 is 1.78 bits per heavy atom. The number of hydrogen-bond donors (Lipinski definition) is 2. The molecule has 106 valence electrons. The van der Waals surface area contributed by atoms with Crippen LogP contribution in [0.1, 0.15) is 60.8 Å². The first kappa shape index (κ1) is 15.5. The van der Waals surface area contributed by atoms with Crippen molar-refractivity contribution in [2.45, 2.75) is 72.9 Å². The standard InChI is InChI=1S/C15H29NO2/c1-7-8-9-11(13(17)18)16-10(2)12-14(3,4)15(12,5)6/h10-12,16H,7-9H2,1-6H3,(H,17,18)/t10?,11-/m0/s1. The Labute approximate surface area is 111 Å². The normalized spacial score (nSPS) is 24.6. The zero-order chi connectivity index (χ0) is 14.1. The summed E-state index contributed by atoms with van der Waals surface area (Å²) in [4.78, 5) is 11.2. The van der Waals surface area contributed by atoms with Crippen molar-refractivity contribution in [3.8, 4) is 0 Å². The SMILES string of the molecule is CCCC[C@H](NC(C)C1C(C)(C)C1(C)C)C(=O)O. The Morgan fingerprint density at radius 3 is 2.11 bits per heavy atom. The number of unbranched alkanes of at least 4 members (excludes halogenated alkanes) is 1. The molecule has 0 aromatic heterocycles. The van der Waals surface area contributed by atoms with Gasteiger partial charge in [-0.3, -0.25) is 4.79 Å². The molecule has 1 saturated carbocycles. The predicted molar refractivity (Wildman–Crippen MR) is 74.6 cm³/mol. The van der Waals surface area contributed by atoms with E-state index in [9.17, 15) is 9.90 Å². The quantitative estimate of drug-likeness (QED) is 0.734. The lowest BCUT2D eigenvalue weighted by atomic mass is 10.0. The highest BCUT2D eigenvalue weighted by molar-refractivity contribution is 5.73. The molecule has 1 rings (SSSR count). The van der Waals surface area contributed by atoms with Crippen LogP contribution in [0.2, 0.25) is 0 Å². The van der Waals surface area contributed by atoms with E-state index in [0.29, 0.717) is 16.7 Å². The molecule has 0 radical (unpaired) electrons. The highest BCUT2D eigenvalue weighted by atomic mass is 16.4. The molecule has 1 fully saturated rings. The Morgan fingerprint density at radius 1 is 1.28 bits per heavy atom. The summed E-state index contributed by atoms with van der Waals surface area (Å²) in [7, 11) is 0. The maximum absolute atomic E-state index is 11.2. The fraction of sp³-hybridized carbons (Fsp3) is 0.933. The minimum absolute atomic E-state index is 0.257. The average Bonchev–Trinajstić information content (AvgIpc) is 2.63. The Kier molecular flexibility index (Phi) is 4.47. The van der Waals surface area contributed by atoms with Crippen LogP contribution in [0.3, 0.4) is 0 Å². The molecule has 2 N–H and O–H groups in total. The molecule has 2 atom stereocenters. The smallest absolute Gasteiger partial charge is 0.320 e. The first-order valence-electron chi connectivity index (χ1n) is 7.15. The molecule has 0 spiro atoms. The summed E-state index contributed by atoms with van der Waals surface area (Å²) < 4.78 is 0. The van der Waals surface area contributed by atoms with Crippen molar-refractivity contribution in [3.63, 3.8) is 0 Å². The van der Waals surface area contributed by atoms with E-state index in [1.54, 1.807) is 0 Å². The van der Waals surface area contributed by atoms with Gasteiger partial charge in [0, 0.05) is 6.04 Å². The van der Waals surface area contributed by atoms with Gasteiger partial charge < -0.3 is 10.4 Å². The van der Waals surface area contributed by atoms with E-state index in [4.69, 9.17) is 0 Å². The number of rotatable bonds is 7. The summed E-state index contributed by atoms with van der Waals surface area (Å²) >= 11 is 0. The van der Waals surface area contributed by atoms with Crippen LogP contribution >= 0.6 is 0 Å². The highest BCUT2D eigenvalue weighted by Crippen LogP contribution is 2.69.